The van der Waals surface area contributed by atoms with E-state index in [0.717, 1.165) is 0 Å². The van der Waals surface area contributed by atoms with Crippen LogP contribution in [0.2, 0.25) is 0 Å². The van der Waals surface area contributed by atoms with Crippen LogP contribution in [0.4, 0.5) is 0 Å². The van der Waals surface area contributed by atoms with Crippen LogP contribution in [0.15, 0.2) is 0 Å². The van der Waals surface area contributed by atoms with Gasteiger partial charge < -0.3 is 10.2 Å². The first-order chi connectivity index (χ1) is 5.54. The number of nitrogens with two attached hydrogens (primary N) is 2. The van der Waals surface area contributed by atoms with Gasteiger partial charge in [0, 0.05) is 0 Å². The molecule has 0 bridgehead atoms. The van der Waals surface area contributed by atoms with Crippen LogP contribution in [-0.2, 0) is 19.3 Å². The Hall–Kier alpha value is -1.22. The number of aliphatic carboxylic acids is 2. The third-order valence-electron chi connectivity index (χ3n) is 0.414. The Balaban J connectivity index is 0. The molecule has 0 heterocycles. The van der Waals surface area contributed by atoms with Gasteiger partial charge in [-0.15, -0.1) is 0 Å². The molecule has 0 saturated heterocycles. The van der Waals surface area contributed by atoms with Crippen LogP contribution in [0.3, 0.4) is 0 Å². The summed E-state index contributed by atoms with van der Waals surface area (Å²) in [5.74, 6) is 6.58. The van der Waals surface area contributed by atoms with Gasteiger partial charge in [0.2, 0.25) is 0 Å². The van der Waals surface area contributed by atoms with E-state index in [1.54, 1.807) is 0 Å². The van der Waals surface area contributed by atoms with Crippen molar-refractivity contribution in [2.45, 2.75) is 0 Å². The van der Waals surface area contributed by atoms with Gasteiger partial charge in [0.05, 0.1) is 0 Å². The fourth-order valence-corrected chi connectivity index (χ4v) is 0.143. The zero-order chi connectivity index (χ0) is 9.98. The van der Waals surface area contributed by atoms with Crippen molar-refractivity contribution in [2.24, 2.45) is 11.8 Å². The number of hydrogen-bond donors (Lipinski definition) is 4. The van der Waals surface area contributed by atoms with Gasteiger partial charge in [0.15, 0.2) is 13.2 Å². The average Bonchev–Trinajstić information content (AvgIpc) is 1.87. The molecule has 0 aliphatic heterocycles. The molecule has 0 spiro atoms. The molecule has 0 rings (SSSR count). The van der Waals surface area contributed by atoms with Crippen molar-refractivity contribution in [3.05, 3.63) is 0 Å². The molecule has 0 aliphatic carbocycles. The molecule has 0 amide bonds. The van der Waals surface area contributed by atoms with Gasteiger partial charge in [-0.3, -0.25) is 9.68 Å². The zero-order valence-electron chi connectivity index (χ0n) is 6.10. The number of carbonyl (C=O) groups is 2. The summed E-state index contributed by atoms with van der Waals surface area (Å²) >= 11 is 0. The molecule has 0 saturated carbocycles. The molecular weight excluding hydrogens is 172 g/mol. The summed E-state index contributed by atoms with van der Waals surface area (Å²) < 4.78 is 0. The van der Waals surface area contributed by atoms with E-state index in [4.69, 9.17) is 10.2 Å². The number of rotatable bonds is 4. The summed E-state index contributed by atoms with van der Waals surface area (Å²) in [6.07, 6.45) is 0. The molecule has 0 unspecified atom stereocenters. The van der Waals surface area contributed by atoms with Crippen LogP contribution in [0.25, 0.3) is 0 Å². The van der Waals surface area contributed by atoms with E-state index in [2.05, 4.69) is 21.5 Å². The first-order valence-corrected chi connectivity index (χ1v) is 2.61. The molecule has 6 N–H and O–H groups in total. The molecule has 0 aromatic carbocycles. The quantitative estimate of drug-likeness (QED) is 0.362. The molecule has 0 radical (unpaired) electrons. The average molecular weight is 182 g/mol. The molecule has 0 fully saturated rings. The molecular formula is C4H10N2O6. The highest BCUT2D eigenvalue weighted by molar-refractivity contribution is 5.68. The van der Waals surface area contributed by atoms with Crippen LogP contribution < -0.4 is 11.8 Å². The minimum Gasteiger partial charge on any atom is -0.479 e. The topological polar surface area (TPSA) is 145 Å². The van der Waals surface area contributed by atoms with Gasteiger partial charge in [0.1, 0.15) is 0 Å². The summed E-state index contributed by atoms with van der Waals surface area (Å²) in [6.45, 7) is -0.861. The molecule has 0 aromatic rings. The SMILES string of the molecule is NOCC(=O)O.NOCC(=O)O. The monoisotopic (exact) mass is 182 g/mol. The highest BCUT2D eigenvalue weighted by Gasteiger charge is 1.89. The molecule has 0 aliphatic rings. The number of hydrogen-bond acceptors (Lipinski definition) is 6. The van der Waals surface area contributed by atoms with Crippen molar-refractivity contribution < 1.29 is 29.5 Å². The zero-order valence-corrected chi connectivity index (χ0v) is 6.10. The highest BCUT2D eigenvalue weighted by atomic mass is 16.6. The summed E-state index contributed by atoms with van der Waals surface area (Å²) in [7, 11) is 0. The molecule has 8 heteroatoms. The van der Waals surface area contributed by atoms with Crippen molar-refractivity contribution in [1.29, 1.82) is 0 Å². The van der Waals surface area contributed by atoms with Gasteiger partial charge in [-0.2, -0.15) is 0 Å². The maximum absolute atomic E-state index is 9.39. The van der Waals surface area contributed by atoms with E-state index in [1.165, 1.54) is 0 Å². The lowest BCUT2D eigenvalue weighted by Crippen LogP contribution is -2.10. The van der Waals surface area contributed by atoms with Crippen molar-refractivity contribution >= 4 is 11.9 Å². The van der Waals surface area contributed by atoms with Gasteiger partial charge in [-0.1, -0.05) is 0 Å². The van der Waals surface area contributed by atoms with E-state index < -0.39 is 25.2 Å². The predicted octanol–water partition coefficient (Wildman–Crippen LogP) is -2.08. The third-order valence-corrected chi connectivity index (χ3v) is 0.414. The first kappa shape index (κ1) is 13.4. The van der Waals surface area contributed by atoms with E-state index >= 15 is 0 Å². The lowest BCUT2D eigenvalue weighted by Gasteiger charge is -1.83. The van der Waals surface area contributed by atoms with Crippen molar-refractivity contribution in [3.8, 4) is 0 Å². The minimum atomic E-state index is -1.06. The van der Waals surface area contributed by atoms with Crippen molar-refractivity contribution in [3.63, 3.8) is 0 Å². The summed E-state index contributed by atoms with van der Waals surface area (Å²) in [4.78, 5) is 26.2. The second kappa shape index (κ2) is 9.78. The van der Waals surface area contributed by atoms with E-state index in [9.17, 15) is 9.59 Å². The second-order valence-electron chi connectivity index (χ2n) is 1.41. The Morgan fingerprint density at radius 3 is 1.25 bits per heavy atom. The molecule has 0 atom stereocenters. The van der Waals surface area contributed by atoms with Crippen LogP contribution >= 0.6 is 0 Å². The number of carboxylic acid groups (broad SMARTS) is 2. The predicted molar refractivity (Wildman–Crippen MR) is 35.6 cm³/mol. The maximum Gasteiger partial charge on any atom is 0.331 e. The van der Waals surface area contributed by atoms with E-state index in [0.29, 0.717) is 0 Å². The van der Waals surface area contributed by atoms with Crippen molar-refractivity contribution in [2.75, 3.05) is 13.2 Å². The smallest absolute Gasteiger partial charge is 0.331 e. The normalized spacial score (nSPS) is 8.17. The second-order valence-corrected chi connectivity index (χ2v) is 1.41. The maximum atomic E-state index is 9.39. The lowest BCUT2D eigenvalue weighted by molar-refractivity contribution is -0.143. The lowest BCUT2D eigenvalue weighted by atomic mass is 10.8. The third kappa shape index (κ3) is 23.3. The number of carboxylic acids is 2. The molecule has 72 valence electrons. The summed E-state index contributed by atoms with van der Waals surface area (Å²) in [6, 6.07) is 0. The standard InChI is InChI=1S/2C2H5NO3/c2*3-6-1-2(4)5/h2*1,3H2,(H,4,5). The van der Waals surface area contributed by atoms with Gasteiger partial charge in [0.25, 0.3) is 0 Å². The van der Waals surface area contributed by atoms with Crippen LogP contribution in [0.5, 0.6) is 0 Å². The van der Waals surface area contributed by atoms with Crippen LogP contribution in [0, 0.1) is 0 Å². The minimum absolute atomic E-state index is 0.431. The summed E-state index contributed by atoms with van der Waals surface area (Å²) in [5, 5.41) is 15.4. The van der Waals surface area contributed by atoms with Gasteiger partial charge in [-0.05, 0) is 0 Å². The Kier molecular flexibility index (Phi) is 10.9. The van der Waals surface area contributed by atoms with Gasteiger partial charge in [-0.25, -0.2) is 21.4 Å². The largest absolute Gasteiger partial charge is 0.479 e. The summed E-state index contributed by atoms with van der Waals surface area (Å²) in [5.41, 5.74) is 0. The molecule has 12 heavy (non-hydrogen) atoms. The van der Waals surface area contributed by atoms with Crippen molar-refractivity contribution in [1.82, 2.24) is 0 Å². The molecule has 0 aromatic heterocycles. The fourth-order valence-electron chi connectivity index (χ4n) is 0.143. The highest BCUT2D eigenvalue weighted by Crippen LogP contribution is 1.58. The Morgan fingerprint density at radius 2 is 1.25 bits per heavy atom. The van der Waals surface area contributed by atoms with E-state index in [1.807, 2.05) is 0 Å². The van der Waals surface area contributed by atoms with Gasteiger partial charge >= 0.3 is 11.9 Å². The Bertz CT molecular complexity index is 122. The Morgan fingerprint density at radius 1 is 1.00 bits per heavy atom. The van der Waals surface area contributed by atoms with E-state index in [-0.39, 0.29) is 0 Å². The fraction of sp³-hybridized carbons (Fsp3) is 0.500. The van der Waals surface area contributed by atoms with Crippen LogP contribution in [0.1, 0.15) is 0 Å². The Labute approximate surface area is 67.6 Å². The first-order valence-electron chi connectivity index (χ1n) is 2.61. The van der Waals surface area contributed by atoms with Crippen LogP contribution in [-0.4, -0.2) is 35.4 Å². The molecule has 8 nitrogen and oxygen atoms in total.